The van der Waals surface area contributed by atoms with E-state index >= 15 is 0 Å². The van der Waals surface area contributed by atoms with Crippen molar-refractivity contribution in [3.8, 4) is 17.0 Å². The van der Waals surface area contributed by atoms with Crippen molar-refractivity contribution in [2.45, 2.75) is 6.92 Å². The lowest BCUT2D eigenvalue weighted by molar-refractivity contribution is 0.0950. The molecule has 0 aliphatic heterocycles. The molecule has 2 N–H and O–H groups in total. The molecule has 2 heterocycles. The number of carbonyl (C=O) groups is 1. The van der Waals surface area contributed by atoms with Gasteiger partial charge in [-0.3, -0.25) is 9.89 Å². The zero-order valence-corrected chi connectivity index (χ0v) is 13.0. The van der Waals surface area contributed by atoms with Crippen molar-refractivity contribution in [3.05, 3.63) is 60.2 Å². The molecule has 3 rings (SSSR count). The van der Waals surface area contributed by atoms with Crippen molar-refractivity contribution in [1.29, 1.82) is 0 Å². The summed E-state index contributed by atoms with van der Waals surface area (Å²) < 4.78 is 10.5. The summed E-state index contributed by atoms with van der Waals surface area (Å²) in [7, 11) is 0. The van der Waals surface area contributed by atoms with E-state index in [9.17, 15) is 4.79 Å². The summed E-state index contributed by atoms with van der Waals surface area (Å²) in [6, 6.07) is 12.6. The van der Waals surface area contributed by atoms with Gasteiger partial charge >= 0.3 is 0 Å². The van der Waals surface area contributed by atoms with Gasteiger partial charge in [0, 0.05) is 5.56 Å². The minimum absolute atomic E-state index is 0.309. The van der Waals surface area contributed by atoms with Gasteiger partial charge in [0.05, 0.1) is 24.8 Å². The molecule has 0 spiro atoms. The van der Waals surface area contributed by atoms with Gasteiger partial charge in [-0.1, -0.05) is 12.1 Å². The number of ether oxygens (including phenoxy) is 1. The number of aromatic amines is 1. The Balaban J connectivity index is 1.68. The minimum atomic E-state index is -0.391. The Kier molecular flexibility index (Phi) is 4.71. The molecule has 122 valence electrons. The number of aromatic nitrogens is 2. The average Bonchev–Trinajstić information content (AvgIpc) is 3.27. The lowest BCUT2D eigenvalue weighted by atomic mass is 10.1. The smallest absolute Gasteiger partial charge is 0.289 e. The molecule has 2 aromatic heterocycles. The fraction of sp³-hybridized carbons (Fsp3) is 0.118. The van der Waals surface area contributed by atoms with Crippen molar-refractivity contribution in [3.63, 3.8) is 0 Å². The van der Waals surface area contributed by atoms with Gasteiger partial charge in [-0.2, -0.15) is 10.2 Å². The molecule has 0 aliphatic carbocycles. The molecule has 7 heteroatoms. The topological polar surface area (TPSA) is 92.5 Å². The molecule has 0 radical (unpaired) electrons. The first-order valence-electron chi connectivity index (χ1n) is 7.42. The van der Waals surface area contributed by atoms with Crippen molar-refractivity contribution >= 4 is 12.1 Å². The quantitative estimate of drug-likeness (QED) is 0.538. The first-order valence-corrected chi connectivity index (χ1v) is 7.42. The van der Waals surface area contributed by atoms with Gasteiger partial charge in [0.2, 0.25) is 0 Å². The predicted octanol–water partition coefficient (Wildman–Crippen LogP) is 2.83. The zero-order valence-electron chi connectivity index (χ0n) is 13.0. The summed E-state index contributed by atoms with van der Waals surface area (Å²) >= 11 is 0. The van der Waals surface area contributed by atoms with E-state index in [0.29, 0.717) is 23.8 Å². The highest BCUT2D eigenvalue weighted by Crippen LogP contribution is 2.22. The van der Waals surface area contributed by atoms with Crippen LogP contribution in [0.4, 0.5) is 0 Å². The number of H-pyrrole nitrogens is 1. The number of hydrazone groups is 1. The number of hydrogen-bond donors (Lipinski definition) is 2. The molecule has 0 fully saturated rings. The van der Waals surface area contributed by atoms with Crippen LogP contribution in [0.3, 0.4) is 0 Å². The second kappa shape index (κ2) is 7.28. The van der Waals surface area contributed by atoms with Crippen LogP contribution in [0.1, 0.15) is 23.2 Å². The predicted molar refractivity (Wildman–Crippen MR) is 89.0 cm³/mol. The van der Waals surface area contributed by atoms with Crippen LogP contribution < -0.4 is 10.2 Å². The lowest BCUT2D eigenvalue weighted by Crippen LogP contribution is -2.17. The van der Waals surface area contributed by atoms with E-state index in [1.54, 1.807) is 18.2 Å². The summed E-state index contributed by atoms with van der Waals surface area (Å²) in [5, 5.41) is 10.7. The van der Waals surface area contributed by atoms with E-state index in [4.69, 9.17) is 9.15 Å². The largest absolute Gasteiger partial charge is 0.494 e. The first kappa shape index (κ1) is 15.5. The molecule has 3 aromatic rings. The Morgan fingerprint density at radius 3 is 3.08 bits per heavy atom. The highest BCUT2D eigenvalue weighted by molar-refractivity contribution is 5.93. The summed E-state index contributed by atoms with van der Waals surface area (Å²) in [5.41, 5.74) is 4.22. The number of nitrogens with one attached hydrogen (secondary N) is 2. The van der Waals surface area contributed by atoms with Crippen LogP contribution >= 0.6 is 0 Å². The van der Waals surface area contributed by atoms with Crippen LogP contribution in [0.5, 0.6) is 5.75 Å². The van der Waals surface area contributed by atoms with Gasteiger partial charge in [0.15, 0.2) is 0 Å². The average molecular weight is 324 g/mol. The standard InChI is InChI=1S/C17H16N4O3/c1-2-23-13-6-3-5-12(9-13)15-10-16(20-19-15)17(22)21-18-11-14-7-4-8-24-14/h3-11H,2H2,1H3,(H,19,20)(H,21,22). The molecule has 0 bridgehead atoms. The zero-order chi connectivity index (χ0) is 16.8. The molecular weight excluding hydrogens is 308 g/mol. The Labute approximate surface area is 138 Å². The maximum Gasteiger partial charge on any atom is 0.289 e. The van der Waals surface area contributed by atoms with E-state index < -0.39 is 5.91 Å². The van der Waals surface area contributed by atoms with Gasteiger partial charge in [-0.05, 0) is 37.3 Å². The highest BCUT2D eigenvalue weighted by atomic mass is 16.5. The summed E-state index contributed by atoms with van der Waals surface area (Å²) in [5.74, 6) is 0.915. The Bertz CT molecular complexity index is 837. The van der Waals surface area contributed by atoms with Gasteiger partial charge in [0.25, 0.3) is 5.91 Å². The Morgan fingerprint density at radius 2 is 2.29 bits per heavy atom. The third-order valence-corrected chi connectivity index (χ3v) is 3.16. The van der Waals surface area contributed by atoms with Crippen molar-refractivity contribution in [1.82, 2.24) is 15.6 Å². The van der Waals surface area contributed by atoms with E-state index in [1.807, 2.05) is 31.2 Å². The first-order chi connectivity index (χ1) is 11.8. The lowest BCUT2D eigenvalue weighted by Gasteiger charge is -2.03. The van der Waals surface area contributed by atoms with E-state index in [0.717, 1.165) is 11.3 Å². The van der Waals surface area contributed by atoms with Crippen LogP contribution in [0, 0.1) is 0 Å². The Hall–Kier alpha value is -3.35. The molecule has 1 amide bonds. The normalized spacial score (nSPS) is 10.9. The molecule has 24 heavy (non-hydrogen) atoms. The number of hydrogen-bond acceptors (Lipinski definition) is 5. The fourth-order valence-electron chi connectivity index (χ4n) is 2.08. The van der Waals surface area contributed by atoms with Gasteiger partial charge in [0.1, 0.15) is 17.2 Å². The summed E-state index contributed by atoms with van der Waals surface area (Å²) in [6.07, 6.45) is 2.95. The van der Waals surface area contributed by atoms with Gasteiger partial charge in [-0.25, -0.2) is 5.43 Å². The van der Waals surface area contributed by atoms with E-state index in [1.165, 1.54) is 12.5 Å². The van der Waals surface area contributed by atoms with Gasteiger partial charge < -0.3 is 9.15 Å². The van der Waals surface area contributed by atoms with Crippen LogP contribution in [0.2, 0.25) is 0 Å². The number of carbonyl (C=O) groups excluding carboxylic acids is 1. The molecule has 0 atom stereocenters. The summed E-state index contributed by atoms with van der Waals surface area (Å²) in [4.78, 5) is 12.0. The number of nitrogens with zero attached hydrogens (tertiary/aromatic N) is 2. The molecule has 0 saturated heterocycles. The van der Waals surface area contributed by atoms with Crippen molar-refractivity contribution in [2.75, 3.05) is 6.61 Å². The van der Waals surface area contributed by atoms with Crippen molar-refractivity contribution in [2.24, 2.45) is 5.10 Å². The maximum atomic E-state index is 12.0. The summed E-state index contributed by atoms with van der Waals surface area (Å²) in [6.45, 7) is 2.51. The molecule has 0 unspecified atom stereocenters. The minimum Gasteiger partial charge on any atom is -0.494 e. The van der Waals surface area contributed by atoms with E-state index in [2.05, 4.69) is 20.7 Å². The third kappa shape index (κ3) is 3.70. The number of furan rings is 1. The van der Waals surface area contributed by atoms with Crippen LogP contribution in [-0.2, 0) is 0 Å². The molecule has 0 saturated carbocycles. The molecule has 1 aromatic carbocycles. The number of amides is 1. The molecule has 7 nitrogen and oxygen atoms in total. The van der Waals surface area contributed by atoms with E-state index in [-0.39, 0.29) is 0 Å². The second-order valence-corrected chi connectivity index (χ2v) is 4.84. The Morgan fingerprint density at radius 1 is 1.38 bits per heavy atom. The fourth-order valence-corrected chi connectivity index (χ4v) is 2.08. The van der Waals surface area contributed by atoms with Crippen LogP contribution in [-0.4, -0.2) is 28.9 Å². The monoisotopic (exact) mass is 324 g/mol. The highest BCUT2D eigenvalue weighted by Gasteiger charge is 2.11. The SMILES string of the molecule is CCOc1cccc(-c2cc(C(=O)NN=Cc3ccco3)[nH]n2)c1. The van der Waals surface area contributed by atoms with Crippen molar-refractivity contribution < 1.29 is 13.9 Å². The third-order valence-electron chi connectivity index (χ3n) is 3.16. The maximum absolute atomic E-state index is 12.0. The van der Waals surface area contributed by atoms with Crippen LogP contribution in [0.15, 0.2) is 58.2 Å². The number of rotatable bonds is 6. The van der Waals surface area contributed by atoms with Gasteiger partial charge in [-0.15, -0.1) is 0 Å². The molecular formula is C17H16N4O3. The second-order valence-electron chi connectivity index (χ2n) is 4.84. The number of benzene rings is 1. The van der Waals surface area contributed by atoms with Crippen LogP contribution in [0.25, 0.3) is 11.3 Å². The molecule has 0 aliphatic rings.